The van der Waals surface area contributed by atoms with Crippen LogP contribution in [0.15, 0.2) is 18.2 Å². The van der Waals surface area contributed by atoms with Crippen molar-refractivity contribution < 1.29 is 9.72 Å². The summed E-state index contributed by atoms with van der Waals surface area (Å²) in [5.74, 6) is 0.243. The van der Waals surface area contributed by atoms with Gasteiger partial charge in [-0.25, -0.2) is 0 Å². The number of rotatable bonds is 8. The molecule has 1 amide bonds. The van der Waals surface area contributed by atoms with Crippen molar-refractivity contribution in [2.75, 3.05) is 37.6 Å². The average Bonchev–Trinajstić information content (AvgIpc) is 2.60. The van der Waals surface area contributed by atoms with E-state index in [1.807, 2.05) is 0 Å². The molecule has 0 aromatic heterocycles. The van der Waals surface area contributed by atoms with Crippen molar-refractivity contribution in [2.24, 2.45) is 5.92 Å². The molecule has 0 bridgehead atoms. The van der Waals surface area contributed by atoms with Crippen LogP contribution in [0.3, 0.4) is 0 Å². The van der Waals surface area contributed by atoms with Gasteiger partial charge in [-0.3, -0.25) is 14.9 Å². The molecule has 1 atom stereocenters. The number of nitrogens with zero attached hydrogens (tertiary/aromatic N) is 2. The lowest BCUT2D eigenvalue weighted by Crippen LogP contribution is -2.35. The Morgan fingerprint density at radius 2 is 2.12 bits per heavy atom. The number of benzene rings is 1. The van der Waals surface area contributed by atoms with Gasteiger partial charge in [0.15, 0.2) is 0 Å². The van der Waals surface area contributed by atoms with Crippen molar-refractivity contribution >= 4 is 29.7 Å². The molecule has 2 rings (SSSR count). The topological polar surface area (TPSA) is 87.5 Å². The van der Waals surface area contributed by atoms with E-state index in [4.69, 9.17) is 0 Å². The largest absolute Gasteiger partial charge is 0.366 e. The van der Waals surface area contributed by atoms with E-state index in [1.54, 1.807) is 12.1 Å². The zero-order valence-corrected chi connectivity index (χ0v) is 16.3. The highest BCUT2D eigenvalue weighted by atomic mass is 35.5. The maximum Gasteiger partial charge on any atom is 0.293 e. The first-order valence-electron chi connectivity index (χ1n) is 9.05. The summed E-state index contributed by atoms with van der Waals surface area (Å²) in [6.45, 7) is 7.96. The van der Waals surface area contributed by atoms with Gasteiger partial charge in [0.05, 0.1) is 4.92 Å². The van der Waals surface area contributed by atoms with Crippen LogP contribution in [0.2, 0.25) is 0 Å². The molecule has 1 aliphatic rings. The fourth-order valence-electron chi connectivity index (χ4n) is 3.15. The van der Waals surface area contributed by atoms with Crippen molar-refractivity contribution in [2.45, 2.75) is 33.1 Å². The highest BCUT2D eigenvalue weighted by molar-refractivity contribution is 5.95. The number of hydrogen-bond donors (Lipinski definition) is 2. The average molecular weight is 385 g/mol. The number of nitro groups is 1. The summed E-state index contributed by atoms with van der Waals surface area (Å²) in [4.78, 5) is 25.4. The van der Waals surface area contributed by atoms with Crippen LogP contribution in [-0.4, -0.2) is 43.6 Å². The van der Waals surface area contributed by atoms with Crippen LogP contribution >= 0.6 is 12.4 Å². The lowest BCUT2D eigenvalue weighted by atomic mass is 9.99. The molecular weight excluding hydrogens is 356 g/mol. The van der Waals surface area contributed by atoms with Crippen LogP contribution in [0, 0.1) is 16.0 Å². The van der Waals surface area contributed by atoms with E-state index < -0.39 is 4.92 Å². The predicted molar refractivity (Wildman–Crippen MR) is 106 cm³/mol. The van der Waals surface area contributed by atoms with E-state index in [1.165, 1.54) is 6.07 Å². The molecular formula is C18H29ClN4O3. The van der Waals surface area contributed by atoms with Crippen molar-refractivity contribution in [1.82, 2.24) is 10.6 Å². The van der Waals surface area contributed by atoms with E-state index in [-0.39, 0.29) is 24.0 Å². The molecule has 1 aliphatic heterocycles. The predicted octanol–water partition coefficient (Wildman–Crippen LogP) is 2.98. The number of piperidine rings is 1. The lowest BCUT2D eigenvalue weighted by Gasteiger charge is -2.32. The summed E-state index contributed by atoms with van der Waals surface area (Å²) in [6.07, 6.45) is 3.22. The molecule has 0 saturated carbocycles. The van der Waals surface area contributed by atoms with E-state index in [2.05, 4.69) is 29.4 Å². The van der Waals surface area contributed by atoms with Gasteiger partial charge in [0.25, 0.3) is 11.6 Å². The minimum absolute atomic E-state index is 0. The van der Waals surface area contributed by atoms with Gasteiger partial charge in [0.2, 0.25) is 0 Å². The minimum atomic E-state index is -0.395. The molecule has 7 nitrogen and oxygen atoms in total. The quantitative estimate of drug-likeness (QED) is 0.408. The second-order valence-corrected chi connectivity index (χ2v) is 6.66. The van der Waals surface area contributed by atoms with Crippen molar-refractivity contribution in [3.8, 4) is 0 Å². The number of hydrogen-bond acceptors (Lipinski definition) is 5. The number of carbonyl (C=O) groups excluding carboxylic acids is 1. The standard InChI is InChI=1S/C18H28N4O3.ClH/c1-3-8-19-9-10-20-18(23)15-6-7-16(17(12-15)22(24)25)21-11-4-5-14(2)13-21;/h6-7,12,14,19H,3-5,8-11,13H2,1-2H3,(H,20,23);1H. The number of halogens is 1. The van der Waals surface area contributed by atoms with Gasteiger partial charge >= 0.3 is 0 Å². The fraction of sp³-hybridized carbons (Fsp3) is 0.611. The Bertz CT molecular complexity index is 612. The smallest absolute Gasteiger partial charge is 0.293 e. The molecule has 146 valence electrons. The SMILES string of the molecule is CCCNCCNC(=O)c1ccc(N2CCCC(C)C2)c([N+](=O)[O-])c1.Cl. The third kappa shape index (κ3) is 6.14. The van der Waals surface area contributed by atoms with Crippen LogP contribution < -0.4 is 15.5 Å². The van der Waals surface area contributed by atoms with Gasteiger partial charge in [-0.15, -0.1) is 12.4 Å². The summed E-state index contributed by atoms with van der Waals surface area (Å²) in [7, 11) is 0. The molecule has 1 aromatic rings. The maximum atomic E-state index is 12.2. The Labute approximate surface area is 161 Å². The molecule has 1 heterocycles. The fourth-order valence-corrected chi connectivity index (χ4v) is 3.15. The van der Waals surface area contributed by atoms with Gasteiger partial charge in [0, 0.05) is 37.8 Å². The van der Waals surface area contributed by atoms with Gasteiger partial charge < -0.3 is 15.5 Å². The molecule has 1 saturated heterocycles. The molecule has 0 radical (unpaired) electrons. The van der Waals surface area contributed by atoms with Gasteiger partial charge in [-0.1, -0.05) is 13.8 Å². The van der Waals surface area contributed by atoms with Crippen LogP contribution in [-0.2, 0) is 0 Å². The summed E-state index contributed by atoms with van der Waals surface area (Å²) in [6, 6.07) is 4.78. The molecule has 1 fully saturated rings. The second-order valence-electron chi connectivity index (χ2n) is 6.66. The highest BCUT2D eigenvalue weighted by Crippen LogP contribution is 2.32. The van der Waals surface area contributed by atoms with Crippen LogP contribution in [0.4, 0.5) is 11.4 Å². The van der Waals surface area contributed by atoms with Crippen molar-refractivity contribution in [1.29, 1.82) is 0 Å². The first kappa shape index (κ1) is 22.2. The highest BCUT2D eigenvalue weighted by Gasteiger charge is 2.25. The molecule has 0 aliphatic carbocycles. The Hall–Kier alpha value is -1.86. The number of anilines is 1. The summed E-state index contributed by atoms with van der Waals surface area (Å²) < 4.78 is 0. The minimum Gasteiger partial charge on any atom is -0.366 e. The summed E-state index contributed by atoms with van der Waals surface area (Å²) >= 11 is 0. The third-order valence-corrected chi connectivity index (χ3v) is 4.45. The summed E-state index contributed by atoms with van der Waals surface area (Å²) in [5, 5.41) is 17.5. The lowest BCUT2D eigenvalue weighted by molar-refractivity contribution is -0.384. The molecule has 1 aromatic carbocycles. The van der Waals surface area contributed by atoms with E-state index in [0.717, 1.165) is 38.9 Å². The first-order chi connectivity index (χ1) is 12.0. The van der Waals surface area contributed by atoms with Crippen LogP contribution in [0.1, 0.15) is 43.5 Å². The summed E-state index contributed by atoms with van der Waals surface area (Å²) in [5.41, 5.74) is 0.944. The van der Waals surface area contributed by atoms with Gasteiger partial charge in [-0.05, 0) is 43.9 Å². The number of amides is 1. The monoisotopic (exact) mass is 384 g/mol. The van der Waals surface area contributed by atoms with Crippen molar-refractivity contribution in [3.05, 3.63) is 33.9 Å². The zero-order chi connectivity index (χ0) is 18.2. The second kappa shape index (κ2) is 11.0. The van der Waals surface area contributed by atoms with E-state index in [9.17, 15) is 14.9 Å². The molecule has 26 heavy (non-hydrogen) atoms. The molecule has 2 N–H and O–H groups in total. The normalized spacial score (nSPS) is 16.7. The Morgan fingerprint density at radius 1 is 1.35 bits per heavy atom. The molecule has 8 heteroatoms. The number of nitrogens with one attached hydrogen (secondary N) is 2. The van der Waals surface area contributed by atoms with E-state index in [0.29, 0.717) is 30.3 Å². The maximum absolute atomic E-state index is 12.2. The Morgan fingerprint density at radius 3 is 2.77 bits per heavy atom. The Kier molecular flexibility index (Phi) is 9.37. The third-order valence-electron chi connectivity index (χ3n) is 4.45. The zero-order valence-electron chi connectivity index (χ0n) is 15.5. The first-order valence-corrected chi connectivity index (χ1v) is 9.05. The van der Waals surface area contributed by atoms with Crippen LogP contribution in [0.5, 0.6) is 0 Å². The number of nitro benzene ring substituents is 1. The van der Waals surface area contributed by atoms with Gasteiger partial charge in [-0.2, -0.15) is 0 Å². The Balaban J connectivity index is 0.00000338. The van der Waals surface area contributed by atoms with Crippen LogP contribution in [0.25, 0.3) is 0 Å². The number of carbonyl (C=O) groups is 1. The van der Waals surface area contributed by atoms with Gasteiger partial charge in [0.1, 0.15) is 5.69 Å². The molecule has 0 spiro atoms. The molecule has 1 unspecified atom stereocenters. The van der Waals surface area contributed by atoms with E-state index >= 15 is 0 Å². The van der Waals surface area contributed by atoms with Crippen molar-refractivity contribution in [3.63, 3.8) is 0 Å².